The average Bonchev–Trinajstić information content (AvgIpc) is 3.99. The Hall–Kier alpha value is -6.30. The van der Waals surface area contributed by atoms with Crippen LogP contribution < -0.4 is 15.4 Å². The number of hydrogen-bond acceptors (Lipinski definition) is 14. The van der Waals surface area contributed by atoms with Crippen LogP contribution in [0.2, 0.25) is 0 Å². The predicted octanol–water partition coefficient (Wildman–Crippen LogP) is 7.25. The lowest BCUT2D eigenvalue weighted by Gasteiger charge is -2.49. The van der Waals surface area contributed by atoms with Gasteiger partial charge in [0.2, 0.25) is 5.79 Å². The van der Waals surface area contributed by atoms with E-state index in [0.717, 1.165) is 35.2 Å². The number of allylic oxidation sites excluding steroid dienone is 1. The first-order valence-corrected chi connectivity index (χ1v) is 23.0. The van der Waals surface area contributed by atoms with Crippen LogP contribution in [-0.4, -0.2) is 95.3 Å². The Bertz CT molecular complexity index is 2470. The largest absolute Gasteiger partial charge is 0.497 e. The van der Waals surface area contributed by atoms with Crippen molar-refractivity contribution in [2.24, 2.45) is 5.16 Å². The predicted molar refractivity (Wildman–Crippen MR) is 250 cm³/mol. The zero-order valence-corrected chi connectivity index (χ0v) is 38.3. The average molecular weight is 915 g/mol. The van der Waals surface area contributed by atoms with Gasteiger partial charge < -0.3 is 29.7 Å². The van der Waals surface area contributed by atoms with E-state index in [1.165, 1.54) is 35.1 Å². The molecule has 0 aliphatic carbocycles. The standard InChI is InChI=1S/C49H50N6O8S2/c1-48(2,60-5)63-53-40(39-31-65-47(50-39)52-49(34-15-9-6-10-16-34,35-17-11-7-12-18-35)36-19-13-8-14-20-36)43(56)51-41-44(57)55-42(46(58)61-29-32-21-24-37(59-4)25-22-32)33(30-64-45(41)55)23-26-38-27-28-54(3)62-38/h6-26,31,38,41,45H,27-30H2,1-5H3,(H,50,52)(H,51,56)/b26-23+,53-40-/t38?,41-,45+/m1/s1. The fourth-order valence-electron chi connectivity index (χ4n) is 7.69. The first-order valence-electron chi connectivity index (χ1n) is 21.1. The second-order valence-electron chi connectivity index (χ2n) is 15.9. The molecule has 1 unspecified atom stereocenters. The number of anilines is 1. The van der Waals surface area contributed by atoms with Gasteiger partial charge in [-0.05, 0) is 46.4 Å². The van der Waals surface area contributed by atoms with Gasteiger partial charge in [-0.1, -0.05) is 120 Å². The third-order valence-electron chi connectivity index (χ3n) is 11.3. The Morgan fingerprint density at radius 2 is 1.55 bits per heavy atom. The van der Waals surface area contributed by atoms with Gasteiger partial charge >= 0.3 is 5.97 Å². The molecule has 5 aromatic rings. The molecule has 16 heteroatoms. The maximum Gasteiger partial charge on any atom is 0.355 e. The van der Waals surface area contributed by atoms with Crippen LogP contribution in [0.15, 0.2) is 149 Å². The van der Waals surface area contributed by atoms with Crippen molar-refractivity contribution in [3.63, 3.8) is 0 Å². The van der Waals surface area contributed by atoms with Crippen molar-refractivity contribution in [1.29, 1.82) is 0 Å². The summed E-state index contributed by atoms with van der Waals surface area (Å²) in [6, 6.07) is 36.4. The van der Waals surface area contributed by atoms with E-state index < -0.39 is 40.5 Å². The highest BCUT2D eigenvalue weighted by atomic mass is 32.2. The molecular weight excluding hydrogens is 865 g/mol. The fraction of sp³-hybridized carbons (Fsp3) is 0.286. The summed E-state index contributed by atoms with van der Waals surface area (Å²) in [6.07, 6.45) is 4.32. The number of hydrogen-bond donors (Lipinski definition) is 2. The Kier molecular flexibility index (Phi) is 13.8. The van der Waals surface area contributed by atoms with E-state index in [-0.39, 0.29) is 29.8 Å². The van der Waals surface area contributed by atoms with Gasteiger partial charge in [0.25, 0.3) is 11.8 Å². The van der Waals surface area contributed by atoms with E-state index >= 15 is 0 Å². The van der Waals surface area contributed by atoms with Crippen LogP contribution in [0.4, 0.5) is 5.13 Å². The highest BCUT2D eigenvalue weighted by Gasteiger charge is 2.54. The summed E-state index contributed by atoms with van der Waals surface area (Å²) in [4.78, 5) is 60.5. The number of aromatic nitrogens is 1. The van der Waals surface area contributed by atoms with Crippen LogP contribution in [0.25, 0.3) is 0 Å². The van der Waals surface area contributed by atoms with Gasteiger partial charge in [-0.3, -0.25) is 19.3 Å². The summed E-state index contributed by atoms with van der Waals surface area (Å²) in [5.74, 6) is -2.01. The zero-order valence-electron chi connectivity index (χ0n) is 36.6. The lowest BCUT2D eigenvalue weighted by Crippen LogP contribution is -2.71. The number of methoxy groups -OCH3 is 2. The molecule has 3 aliphatic heterocycles. The molecule has 0 saturated carbocycles. The number of β-lactam (4-membered cyclic amide) rings is 1. The molecule has 1 aromatic heterocycles. The minimum Gasteiger partial charge on any atom is -0.497 e. The number of hydroxylamine groups is 2. The molecule has 336 valence electrons. The van der Waals surface area contributed by atoms with Gasteiger partial charge in [0.1, 0.15) is 40.7 Å². The topological polar surface area (TPSA) is 153 Å². The molecule has 2 amide bonds. The van der Waals surface area contributed by atoms with Crippen molar-refractivity contribution in [2.75, 3.05) is 38.9 Å². The summed E-state index contributed by atoms with van der Waals surface area (Å²) >= 11 is 2.72. The molecule has 4 aromatic carbocycles. The number of nitrogens with zero attached hydrogens (tertiary/aromatic N) is 4. The zero-order chi connectivity index (χ0) is 45.6. The molecule has 0 spiro atoms. The lowest BCUT2D eigenvalue weighted by molar-refractivity contribution is -0.197. The Labute approximate surface area is 386 Å². The molecule has 4 heterocycles. The second kappa shape index (κ2) is 19.8. The van der Waals surface area contributed by atoms with Crippen LogP contribution in [0.1, 0.15) is 48.2 Å². The first-order chi connectivity index (χ1) is 31.5. The molecule has 65 heavy (non-hydrogen) atoms. The summed E-state index contributed by atoms with van der Waals surface area (Å²) in [7, 11) is 4.91. The smallest absolute Gasteiger partial charge is 0.355 e. The van der Waals surface area contributed by atoms with Crippen molar-refractivity contribution in [3.05, 3.63) is 172 Å². The van der Waals surface area contributed by atoms with E-state index in [1.54, 1.807) is 55.7 Å². The number of fused-ring (bicyclic) bond motifs is 1. The molecule has 0 radical (unpaired) electrons. The Morgan fingerprint density at radius 3 is 2.12 bits per heavy atom. The van der Waals surface area contributed by atoms with Gasteiger partial charge in [-0.25, -0.2) is 9.78 Å². The molecule has 2 saturated heterocycles. The summed E-state index contributed by atoms with van der Waals surface area (Å²) in [5, 5.41) is 14.3. The van der Waals surface area contributed by atoms with E-state index in [0.29, 0.717) is 22.2 Å². The number of rotatable bonds is 17. The number of esters is 1. The second-order valence-corrected chi connectivity index (χ2v) is 17.9. The van der Waals surface area contributed by atoms with E-state index in [2.05, 4.69) is 52.2 Å². The number of ether oxygens (including phenoxy) is 3. The number of carbonyl (C=O) groups is 3. The molecule has 8 rings (SSSR count). The fourth-order valence-corrected chi connectivity index (χ4v) is 9.76. The van der Waals surface area contributed by atoms with Gasteiger partial charge in [-0.2, -0.15) is 5.06 Å². The molecule has 0 bridgehead atoms. The first kappa shape index (κ1) is 45.3. The number of carbonyl (C=O) groups excluding carboxylic acids is 3. The van der Waals surface area contributed by atoms with Gasteiger partial charge in [0.05, 0.1) is 13.2 Å². The number of nitrogens with one attached hydrogen (secondary N) is 2. The summed E-state index contributed by atoms with van der Waals surface area (Å²) < 4.78 is 16.5. The van der Waals surface area contributed by atoms with Crippen LogP contribution in [-0.2, 0) is 45.7 Å². The number of thiazole rings is 1. The van der Waals surface area contributed by atoms with Crippen LogP contribution in [0.5, 0.6) is 5.75 Å². The van der Waals surface area contributed by atoms with Gasteiger partial charge in [0.15, 0.2) is 10.8 Å². The molecule has 3 atom stereocenters. The van der Waals surface area contributed by atoms with E-state index in [4.69, 9.17) is 28.9 Å². The van der Waals surface area contributed by atoms with E-state index in [1.807, 2.05) is 73.8 Å². The van der Waals surface area contributed by atoms with Crippen LogP contribution >= 0.6 is 23.1 Å². The Morgan fingerprint density at radius 1 is 0.923 bits per heavy atom. The molecular formula is C49H50N6O8S2. The Balaban J connectivity index is 1.07. The number of oxime groups is 1. The number of thioether (sulfide) groups is 1. The third kappa shape index (κ3) is 9.87. The monoisotopic (exact) mass is 914 g/mol. The highest BCUT2D eigenvalue weighted by Crippen LogP contribution is 2.43. The number of benzene rings is 4. The van der Waals surface area contributed by atoms with Crippen molar-refractivity contribution < 1.29 is 38.3 Å². The van der Waals surface area contributed by atoms with Crippen molar-refractivity contribution in [3.8, 4) is 5.75 Å². The van der Waals surface area contributed by atoms with Crippen molar-refractivity contribution >= 4 is 51.7 Å². The maximum absolute atomic E-state index is 14.5. The van der Waals surface area contributed by atoms with Crippen molar-refractivity contribution in [2.45, 2.75) is 55.7 Å². The van der Waals surface area contributed by atoms with Gasteiger partial charge in [0, 0.05) is 45.7 Å². The molecule has 2 fully saturated rings. The lowest BCUT2D eigenvalue weighted by atomic mass is 9.77. The molecule has 3 aliphatic rings. The summed E-state index contributed by atoms with van der Waals surface area (Å²) in [5.41, 5.74) is 3.55. The molecule has 14 nitrogen and oxygen atoms in total. The minimum absolute atomic E-state index is 0.0227. The minimum atomic E-state index is -1.21. The SMILES string of the molecule is COc1ccc(COC(=O)C2=C(/C=C/C3CCN(C)O3)CS[C@H]3[C@H](NC(=O)/C(=N\OC(C)(C)OC)c4csc(NC(c5ccccc5)(c5ccccc5)c5ccccc5)n4)C(=O)N23)cc1. The summed E-state index contributed by atoms with van der Waals surface area (Å²) in [6.45, 7) is 4.06. The normalized spacial score (nSPS) is 19.2. The van der Waals surface area contributed by atoms with Crippen LogP contribution in [0, 0.1) is 0 Å². The molecule has 2 N–H and O–H groups in total. The highest BCUT2D eigenvalue weighted by molar-refractivity contribution is 8.00. The maximum atomic E-state index is 14.5. The number of amides is 2. The van der Waals surface area contributed by atoms with E-state index in [9.17, 15) is 14.4 Å². The quantitative estimate of drug-likeness (QED) is 0.0241. The van der Waals surface area contributed by atoms with Crippen LogP contribution in [0.3, 0.4) is 0 Å². The van der Waals surface area contributed by atoms with Gasteiger partial charge in [-0.15, -0.1) is 23.1 Å². The third-order valence-corrected chi connectivity index (χ3v) is 13.3. The van der Waals surface area contributed by atoms with Crippen molar-refractivity contribution in [1.82, 2.24) is 20.3 Å².